The lowest BCUT2D eigenvalue weighted by molar-refractivity contribution is -0.119. The second kappa shape index (κ2) is 5.90. The van der Waals surface area contributed by atoms with E-state index in [1.165, 1.54) is 6.92 Å². The normalized spacial score (nSPS) is 17.5. The summed E-state index contributed by atoms with van der Waals surface area (Å²) in [6.07, 6.45) is 3.08. The van der Waals surface area contributed by atoms with Crippen molar-refractivity contribution in [1.29, 1.82) is 5.41 Å². The monoisotopic (exact) mass is 227 g/mol. The van der Waals surface area contributed by atoms with Crippen LogP contribution in [0.5, 0.6) is 0 Å². The largest absolute Gasteiger partial charge is 0.347 e. The first-order valence-corrected chi connectivity index (χ1v) is 6.18. The highest BCUT2D eigenvalue weighted by Gasteiger charge is 2.22. The Hall–Kier alpha value is -0.840. The summed E-state index contributed by atoms with van der Waals surface area (Å²) in [5.41, 5.74) is 0. The molecule has 1 heterocycles. The van der Waals surface area contributed by atoms with Crippen LogP contribution in [0.3, 0.4) is 0 Å². The van der Waals surface area contributed by atoms with Crippen LogP contribution >= 0.6 is 11.8 Å². The molecule has 0 aliphatic carbocycles. The minimum Gasteiger partial charge on any atom is -0.347 e. The fourth-order valence-corrected chi connectivity index (χ4v) is 2.33. The van der Waals surface area contributed by atoms with E-state index in [2.05, 4.69) is 17.2 Å². The molecule has 2 N–H and O–H groups in total. The first-order valence-electron chi connectivity index (χ1n) is 5.19. The third-order valence-electron chi connectivity index (χ3n) is 2.12. The lowest BCUT2D eigenvalue weighted by Crippen LogP contribution is -2.37. The molecule has 0 aromatic heterocycles. The molecule has 1 atom stereocenters. The molecule has 0 fully saturated rings. The highest BCUT2D eigenvalue weighted by molar-refractivity contribution is 8.15. The number of thioether (sulfide) groups is 1. The van der Waals surface area contributed by atoms with Crippen molar-refractivity contribution >= 4 is 28.5 Å². The molecule has 0 radical (unpaired) electrons. The second-order valence-corrected chi connectivity index (χ2v) is 4.58. The van der Waals surface area contributed by atoms with Crippen molar-refractivity contribution in [3.05, 3.63) is 0 Å². The van der Waals surface area contributed by atoms with Crippen molar-refractivity contribution in [3.8, 4) is 0 Å². The molecule has 1 aliphatic rings. The van der Waals surface area contributed by atoms with Gasteiger partial charge in [0.15, 0.2) is 0 Å². The van der Waals surface area contributed by atoms with Gasteiger partial charge in [-0.05, 0) is 6.42 Å². The van der Waals surface area contributed by atoms with Gasteiger partial charge in [-0.15, -0.1) is 11.8 Å². The molecule has 1 unspecified atom stereocenters. The molecule has 0 aromatic carbocycles. The van der Waals surface area contributed by atoms with E-state index in [1.54, 1.807) is 11.8 Å². The zero-order valence-corrected chi connectivity index (χ0v) is 9.99. The summed E-state index contributed by atoms with van der Waals surface area (Å²) >= 11 is 1.56. The molecule has 1 rings (SSSR count). The van der Waals surface area contributed by atoms with Crippen LogP contribution in [0.15, 0.2) is 4.99 Å². The highest BCUT2D eigenvalue weighted by atomic mass is 32.2. The third-order valence-corrected chi connectivity index (χ3v) is 3.21. The van der Waals surface area contributed by atoms with Crippen LogP contribution in [0.25, 0.3) is 0 Å². The summed E-state index contributed by atoms with van der Waals surface area (Å²) in [5, 5.41) is 11.2. The van der Waals surface area contributed by atoms with Gasteiger partial charge in [0, 0.05) is 6.92 Å². The topological polar surface area (TPSA) is 65.3 Å². The Bertz CT molecular complexity index is 288. The number of hydrogen-bond acceptors (Lipinski definition) is 3. The minimum absolute atomic E-state index is 0.00954. The predicted octanol–water partition coefficient (Wildman–Crippen LogP) is 1.80. The third kappa shape index (κ3) is 4.03. The summed E-state index contributed by atoms with van der Waals surface area (Å²) in [5.74, 6) is 1.01. The number of nitrogens with one attached hydrogen (secondary N) is 2. The van der Waals surface area contributed by atoms with Gasteiger partial charge in [0.2, 0.25) is 5.91 Å². The zero-order valence-electron chi connectivity index (χ0n) is 9.17. The van der Waals surface area contributed by atoms with Crippen LogP contribution in [0.2, 0.25) is 0 Å². The van der Waals surface area contributed by atoms with Crippen LogP contribution in [-0.2, 0) is 4.79 Å². The van der Waals surface area contributed by atoms with Gasteiger partial charge in [-0.2, -0.15) is 0 Å². The average molecular weight is 227 g/mol. The number of carbonyl (C=O) groups is 1. The van der Waals surface area contributed by atoms with E-state index in [-0.39, 0.29) is 11.9 Å². The Morgan fingerprint density at radius 2 is 2.47 bits per heavy atom. The summed E-state index contributed by atoms with van der Waals surface area (Å²) in [6.45, 7) is 3.64. The predicted molar refractivity (Wildman–Crippen MR) is 64.7 cm³/mol. The lowest BCUT2D eigenvalue weighted by Gasteiger charge is -2.16. The van der Waals surface area contributed by atoms with Gasteiger partial charge in [0.1, 0.15) is 5.84 Å². The van der Waals surface area contributed by atoms with Crippen molar-refractivity contribution in [2.75, 3.05) is 5.75 Å². The molecule has 0 aromatic rings. The standard InChI is InChI=1S/C10H17N3OS/c1-3-4-5-8(12-7(2)14)10-13-9(11)6-15-10/h8,11H,3-6H2,1-2H3,(H,12,14). The van der Waals surface area contributed by atoms with Crippen molar-refractivity contribution in [2.45, 2.75) is 39.2 Å². The molecule has 1 amide bonds. The van der Waals surface area contributed by atoms with E-state index in [1.807, 2.05) is 0 Å². The van der Waals surface area contributed by atoms with Gasteiger partial charge in [0.25, 0.3) is 0 Å². The molecule has 15 heavy (non-hydrogen) atoms. The molecule has 0 bridgehead atoms. The minimum atomic E-state index is -0.0298. The molecular weight excluding hydrogens is 210 g/mol. The Balaban J connectivity index is 2.58. The molecule has 84 valence electrons. The smallest absolute Gasteiger partial charge is 0.217 e. The van der Waals surface area contributed by atoms with Gasteiger partial charge in [-0.25, -0.2) is 4.99 Å². The number of unbranched alkanes of at least 4 members (excludes halogenated alkanes) is 1. The number of amides is 1. The van der Waals surface area contributed by atoms with Gasteiger partial charge in [-0.3, -0.25) is 10.2 Å². The number of aliphatic imine (C=N–C) groups is 1. The molecule has 0 saturated carbocycles. The number of carbonyl (C=O) groups excluding carboxylic acids is 1. The molecule has 4 nitrogen and oxygen atoms in total. The second-order valence-electron chi connectivity index (χ2n) is 3.58. The van der Waals surface area contributed by atoms with Gasteiger partial charge >= 0.3 is 0 Å². The zero-order chi connectivity index (χ0) is 11.3. The molecule has 0 saturated heterocycles. The molecule has 0 spiro atoms. The van der Waals surface area contributed by atoms with Crippen molar-refractivity contribution in [2.24, 2.45) is 4.99 Å². The van der Waals surface area contributed by atoms with E-state index in [0.717, 1.165) is 24.3 Å². The Kier molecular flexibility index (Phi) is 4.81. The van der Waals surface area contributed by atoms with Gasteiger partial charge in [-0.1, -0.05) is 19.8 Å². The van der Waals surface area contributed by atoms with E-state index < -0.39 is 0 Å². The number of hydrogen-bond donors (Lipinski definition) is 2. The van der Waals surface area contributed by atoms with E-state index >= 15 is 0 Å². The summed E-state index contributed by atoms with van der Waals surface area (Å²) < 4.78 is 0. The van der Waals surface area contributed by atoms with E-state index in [0.29, 0.717) is 11.6 Å². The lowest BCUT2D eigenvalue weighted by atomic mass is 10.1. The van der Waals surface area contributed by atoms with E-state index in [4.69, 9.17) is 5.41 Å². The maximum atomic E-state index is 11.0. The van der Waals surface area contributed by atoms with Crippen molar-refractivity contribution in [1.82, 2.24) is 5.32 Å². The van der Waals surface area contributed by atoms with Crippen molar-refractivity contribution < 1.29 is 4.79 Å². The van der Waals surface area contributed by atoms with Crippen LogP contribution in [0.4, 0.5) is 0 Å². The SMILES string of the molecule is CCCCC(NC(C)=O)C1=NC(=N)CS1. The fraction of sp³-hybridized carbons (Fsp3) is 0.700. The fourth-order valence-electron chi connectivity index (χ4n) is 1.43. The maximum absolute atomic E-state index is 11.0. The summed E-state index contributed by atoms with van der Waals surface area (Å²) in [4.78, 5) is 15.2. The average Bonchev–Trinajstić information content (AvgIpc) is 2.58. The first kappa shape index (κ1) is 12.2. The Morgan fingerprint density at radius 3 is 2.93 bits per heavy atom. The van der Waals surface area contributed by atoms with Crippen LogP contribution in [0, 0.1) is 5.41 Å². The molecule has 5 heteroatoms. The Morgan fingerprint density at radius 1 is 1.73 bits per heavy atom. The maximum Gasteiger partial charge on any atom is 0.217 e. The molecular formula is C10H17N3OS. The quantitative estimate of drug-likeness (QED) is 0.752. The van der Waals surface area contributed by atoms with Crippen molar-refractivity contribution in [3.63, 3.8) is 0 Å². The highest BCUT2D eigenvalue weighted by Crippen LogP contribution is 2.19. The summed E-state index contributed by atoms with van der Waals surface area (Å²) in [6, 6.07) is 0.00954. The number of rotatable bonds is 5. The van der Waals surface area contributed by atoms with E-state index in [9.17, 15) is 4.79 Å². The molecule has 1 aliphatic heterocycles. The number of amidine groups is 1. The Labute approximate surface area is 94.4 Å². The first-order chi connectivity index (χ1) is 7.13. The van der Waals surface area contributed by atoms with Crippen LogP contribution in [0.1, 0.15) is 33.1 Å². The van der Waals surface area contributed by atoms with Gasteiger partial charge in [0.05, 0.1) is 16.8 Å². The van der Waals surface area contributed by atoms with Gasteiger partial charge < -0.3 is 5.32 Å². The van der Waals surface area contributed by atoms with Crippen LogP contribution < -0.4 is 5.32 Å². The summed E-state index contributed by atoms with van der Waals surface area (Å²) in [7, 11) is 0. The number of nitrogens with zero attached hydrogens (tertiary/aromatic N) is 1. The van der Waals surface area contributed by atoms with Crippen LogP contribution in [-0.4, -0.2) is 28.6 Å².